The largest absolute Gasteiger partial charge is 0.296 e. The Morgan fingerprint density at radius 2 is 2.06 bits per heavy atom. The van der Waals surface area contributed by atoms with Crippen LogP contribution in [-0.4, -0.2) is 21.8 Å². The molecule has 0 saturated heterocycles. The van der Waals surface area contributed by atoms with E-state index in [0.29, 0.717) is 17.5 Å². The van der Waals surface area contributed by atoms with Gasteiger partial charge in [0.15, 0.2) is 12.1 Å². The van der Waals surface area contributed by atoms with Gasteiger partial charge in [-0.1, -0.05) is 12.1 Å². The van der Waals surface area contributed by atoms with Crippen LogP contribution in [0.3, 0.4) is 0 Å². The van der Waals surface area contributed by atoms with Crippen LogP contribution >= 0.6 is 0 Å². The summed E-state index contributed by atoms with van der Waals surface area (Å²) in [5.74, 6) is -0.0151. The fourth-order valence-corrected chi connectivity index (χ4v) is 1.68. The Bertz CT molecular complexity index is 600. The predicted octanol–water partition coefficient (Wildman–Crippen LogP) is 2.20. The van der Waals surface area contributed by atoms with Crippen molar-refractivity contribution in [2.45, 2.75) is 20.4 Å². The summed E-state index contributed by atoms with van der Waals surface area (Å²) >= 11 is 0. The number of Topliss-reactive ketones (excluding diaryl/α,β-unsaturated/α-hetero) is 1. The number of aldehydes is 1. The summed E-state index contributed by atoms with van der Waals surface area (Å²) in [5.41, 5.74) is 3.26. The highest BCUT2D eigenvalue weighted by atomic mass is 16.1. The molecule has 0 spiro atoms. The van der Waals surface area contributed by atoms with E-state index < -0.39 is 0 Å². The second kappa shape index (κ2) is 4.96. The molecule has 2 aromatic rings. The van der Waals surface area contributed by atoms with Gasteiger partial charge in [0.1, 0.15) is 12.2 Å². The highest BCUT2D eigenvalue weighted by Crippen LogP contribution is 2.11. The van der Waals surface area contributed by atoms with E-state index in [1.165, 1.54) is 4.68 Å². The van der Waals surface area contributed by atoms with Gasteiger partial charge < -0.3 is 0 Å². The van der Waals surface area contributed by atoms with Crippen LogP contribution in [0.25, 0.3) is 0 Å². The SMILES string of the molecule is Cc1ccc(C(=O)Cn2ccc(C=O)n2)cc1C. The number of hydrogen-bond acceptors (Lipinski definition) is 3. The molecule has 1 aromatic heterocycles. The molecule has 4 heteroatoms. The minimum atomic E-state index is -0.0151. The molecule has 0 aliphatic heterocycles. The van der Waals surface area contributed by atoms with Crippen molar-refractivity contribution < 1.29 is 9.59 Å². The van der Waals surface area contributed by atoms with Crippen LogP contribution in [0.4, 0.5) is 0 Å². The van der Waals surface area contributed by atoms with E-state index in [1.807, 2.05) is 32.0 Å². The predicted molar refractivity (Wildman–Crippen MR) is 67.9 cm³/mol. The molecular weight excluding hydrogens is 228 g/mol. The van der Waals surface area contributed by atoms with Crippen molar-refractivity contribution in [1.29, 1.82) is 0 Å². The quantitative estimate of drug-likeness (QED) is 0.610. The summed E-state index contributed by atoms with van der Waals surface area (Å²) < 4.78 is 1.47. The molecule has 0 radical (unpaired) electrons. The minimum absolute atomic E-state index is 0.0151. The van der Waals surface area contributed by atoms with E-state index in [0.717, 1.165) is 11.1 Å². The first kappa shape index (κ1) is 12.2. The Hall–Kier alpha value is -2.23. The standard InChI is InChI=1S/C14H14N2O2/c1-10-3-4-12(7-11(10)2)14(18)8-16-6-5-13(9-17)15-16/h3-7,9H,8H2,1-2H3. The zero-order valence-corrected chi connectivity index (χ0v) is 10.4. The van der Waals surface area contributed by atoms with Crippen LogP contribution in [0.15, 0.2) is 30.5 Å². The van der Waals surface area contributed by atoms with Crippen molar-refractivity contribution in [3.05, 3.63) is 52.8 Å². The molecular formula is C14H14N2O2. The summed E-state index contributed by atoms with van der Waals surface area (Å²) in [7, 11) is 0. The molecule has 1 aromatic carbocycles. The van der Waals surface area contributed by atoms with Crippen molar-refractivity contribution in [3.8, 4) is 0 Å². The lowest BCUT2D eigenvalue weighted by atomic mass is 10.0. The molecule has 4 nitrogen and oxygen atoms in total. The number of benzene rings is 1. The van der Waals surface area contributed by atoms with E-state index in [-0.39, 0.29) is 12.3 Å². The summed E-state index contributed by atoms with van der Waals surface area (Å²) in [4.78, 5) is 22.5. The maximum absolute atomic E-state index is 12.0. The summed E-state index contributed by atoms with van der Waals surface area (Å²) in [5, 5.41) is 3.96. The van der Waals surface area contributed by atoms with Gasteiger partial charge >= 0.3 is 0 Å². The van der Waals surface area contributed by atoms with Gasteiger partial charge in [0.25, 0.3) is 0 Å². The number of aryl methyl sites for hydroxylation is 2. The number of ketones is 1. The van der Waals surface area contributed by atoms with Crippen molar-refractivity contribution >= 4 is 12.1 Å². The first-order chi connectivity index (χ1) is 8.60. The normalized spacial score (nSPS) is 10.3. The average molecular weight is 242 g/mol. The van der Waals surface area contributed by atoms with E-state index in [9.17, 15) is 9.59 Å². The van der Waals surface area contributed by atoms with E-state index in [4.69, 9.17) is 0 Å². The second-order valence-corrected chi connectivity index (χ2v) is 4.28. The summed E-state index contributed by atoms with van der Waals surface area (Å²) in [6.45, 7) is 4.13. The third-order valence-electron chi connectivity index (χ3n) is 2.92. The molecule has 0 saturated carbocycles. The number of hydrogen-bond donors (Lipinski definition) is 0. The fraction of sp³-hybridized carbons (Fsp3) is 0.214. The van der Waals surface area contributed by atoms with Crippen LogP contribution in [0.5, 0.6) is 0 Å². The molecule has 92 valence electrons. The fourth-order valence-electron chi connectivity index (χ4n) is 1.68. The van der Waals surface area contributed by atoms with Gasteiger partial charge in [0, 0.05) is 11.8 Å². The molecule has 0 aliphatic rings. The smallest absolute Gasteiger partial charge is 0.184 e. The molecule has 18 heavy (non-hydrogen) atoms. The molecule has 0 unspecified atom stereocenters. The maximum Gasteiger partial charge on any atom is 0.184 e. The third kappa shape index (κ3) is 2.53. The monoisotopic (exact) mass is 242 g/mol. The first-order valence-electron chi connectivity index (χ1n) is 5.69. The molecule has 0 aliphatic carbocycles. The molecule has 2 rings (SSSR count). The number of aromatic nitrogens is 2. The van der Waals surface area contributed by atoms with Gasteiger partial charge in [-0.3, -0.25) is 14.3 Å². The van der Waals surface area contributed by atoms with Crippen LogP contribution < -0.4 is 0 Å². The van der Waals surface area contributed by atoms with Crippen LogP contribution in [-0.2, 0) is 6.54 Å². The summed E-state index contributed by atoms with van der Waals surface area (Å²) in [6, 6.07) is 7.21. The maximum atomic E-state index is 12.0. The Morgan fingerprint density at radius 3 is 2.67 bits per heavy atom. The Labute approximate surface area is 105 Å². The highest BCUT2D eigenvalue weighted by molar-refractivity contribution is 5.96. The van der Waals surface area contributed by atoms with Crippen molar-refractivity contribution in [2.24, 2.45) is 0 Å². The Balaban J connectivity index is 2.16. The molecule has 0 bridgehead atoms. The van der Waals surface area contributed by atoms with Crippen LogP contribution in [0, 0.1) is 13.8 Å². The highest BCUT2D eigenvalue weighted by Gasteiger charge is 2.08. The van der Waals surface area contributed by atoms with Gasteiger partial charge in [-0.15, -0.1) is 0 Å². The van der Waals surface area contributed by atoms with Crippen LogP contribution in [0.2, 0.25) is 0 Å². The van der Waals surface area contributed by atoms with E-state index in [2.05, 4.69) is 5.10 Å². The van der Waals surface area contributed by atoms with Gasteiger partial charge in [-0.05, 0) is 37.1 Å². The lowest BCUT2D eigenvalue weighted by Crippen LogP contribution is -2.11. The molecule has 0 N–H and O–H groups in total. The number of nitrogens with zero attached hydrogens (tertiary/aromatic N) is 2. The zero-order chi connectivity index (χ0) is 13.1. The first-order valence-corrected chi connectivity index (χ1v) is 5.69. The van der Waals surface area contributed by atoms with Gasteiger partial charge in [0.2, 0.25) is 0 Å². The summed E-state index contributed by atoms with van der Waals surface area (Å²) in [6.07, 6.45) is 2.29. The molecule has 0 fully saturated rings. The average Bonchev–Trinajstić information content (AvgIpc) is 2.80. The van der Waals surface area contributed by atoms with Gasteiger partial charge in [-0.25, -0.2) is 0 Å². The van der Waals surface area contributed by atoms with E-state index >= 15 is 0 Å². The zero-order valence-electron chi connectivity index (χ0n) is 10.4. The van der Waals surface area contributed by atoms with Gasteiger partial charge in [-0.2, -0.15) is 5.10 Å². The van der Waals surface area contributed by atoms with Crippen molar-refractivity contribution in [3.63, 3.8) is 0 Å². The van der Waals surface area contributed by atoms with Crippen molar-refractivity contribution in [1.82, 2.24) is 9.78 Å². The topological polar surface area (TPSA) is 52.0 Å². The Kier molecular flexibility index (Phi) is 3.37. The molecule has 0 amide bonds. The number of carbonyl (C=O) groups is 2. The second-order valence-electron chi connectivity index (χ2n) is 4.28. The molecule has 1 heterocycles. The van der Waals surface area contributed by atoms with Crippen molar-refractivity contribution in [2.75, 3.05) is 0 Å². The van der Waals surface area contributed by atoms with Gasteiger partial charge in [0.05, 0.1) is 0 Å². The number of rotatable bonds is 4. The third-order valence-corrected chi connectivity index (χ3v) is 2.92. The van der Waals surface area contributed by atoms with E-state index in [1.54, 1.807) is 12.3 Å². The molecule has 0 atom stereocenters. The number of carbonyl (C=O) groups excluding carboxylic acids is 2. The lowest BCUT2D eigenvalue weighted by molar-refractivity contribution is 0.0966. The minimum Gasteiger partial charge on any atom is -0.296 e. The lowest BCUT2D eigenvalue weighted by Gasteiger charge is -2.04. The Morgan fingerprint density at radius 1 is 1.28 bits per heavy atom. The van der Waals surface area contributed by atoms with Crippen LogP contribution in [0.1, 0.15) is 32.0 Å².